The molecule has 0 aromatic carbocycles. The largest absolute Gasteiger partial charge is 0.481 e. The van der Waals surface area contributed by atoms with Gasteiger partial charge in [-0.1, -0.05) is 0 Å². The van der Waals surface area contributed by atoms with Gasteiger partial charge in [0.05, 0.1) is 6.42 Å². The molecule has 192 valence electrons. The van der Waals surface area contributed by atoms with E-state index >= 15 is 0 Å². The van der Waals surface area contributed by atoms with E-state index in [4.69, 9.17) is 19.9 Å². The third-order valence-corrected chi connectivity index (χ3v) is 4.14. The summed E-state index contributed by atoms with van der Waals surface area (Å²) >= 11 is 0. The number of aliphatic carboxylic acids is 2. The van der Waals surface area contributed by atoms with Gasteiger partial charge in [-0.3, -0.25) is 14.1 Å². The van der Waals surface area contributed by atoms with Gasteiger partial charge < -0.3 is 15.3 Å². The predicted molar refractivity (Wildman–Crippen MR) is 73.0 cm³/mol. The molecule has 8 nitrogen and oxygen atoms in total. The normalized spacial score (nSPS) is 16.6. The summed E-state index contributed by atoms with van der Waals surface area (Å²) in [4.78, 5) is 20.0. The van der Waals surface area contributed by atoms with E-state index in [1.807, 2.05) is 0 Å². The van der Waals surface area contributed by atoms with E-state index < -0.39 is 76.4 Å². The fraction of sp³-hybridized carbons (Fsp3) is 0.818. The summed E-state index contributed by atoms with van der Waals surface area (Å²) in [6, 6.07) is 0. The number of aliphatic hydroxyl groups is 1. The second-order valence-corrected chi connectivity index (χ2v) is 7.03. The molecule has 0 radical (unpaired) electrons. The van der Waals surface area contributed by atoms with E-state index in [1.165, 1.54) is 0 Å². The Kier molecular flexibility index (Phi) is 10.3. The first-order valence-electron chi connectivity index (χ1n) is 6.97. The third kappa shape index (κ3) is 7.25. The molecule has 0 saturated carbocycles. The third-order valence-electron chi connectivity index (χ3n) is 3.05. The summed E-state index contributed by atoms with van der Waals surface area (Å²) in [5, 5.41) is 21.3. The summed E-state index contributed by atoms with van der Waals surface area (Å²) in [5.41, 5.74) is 0. The van der Waals surface area contributed by atoms with E-state index in [1.54, 1.807) is 0 Å². The fourth-order valence-corrected chi connectivity index (χ4v) is 1.99. The number of carboxylic acid groups (broad SMARTS) is 2. The van der Waals surface area contributed by atoms with Gasteiger partial charge in [-0.25, -0.2) is 17.6 Å². The maximum atomic E-state index is 12.6. The average Bonchev–Trinajstić information content (AvgIpc) is 2.55. The SMILES string of the molecule is O=C(O)CC(C(=O)O)S(=O)(=O)O.OC(F)(F)C(F)(F)C(F)(F)C(F)(F)C(F)C(F)C(F)F. The maximum Gasteiger partial charge on any atom is 0.423 e. The van der Waals surface area contributed by atoms with Crippen molar-refractivity contribution < 1.29 is 90.6 Å². The molecule has 3 unspecified atom stereocenters. The van der Waals surface area contributed by atoms with E-state index in [2.05, 4.69) is 0 Å². The van der Waals surface area contributed by atoms with Crippen molar-refractivity contribution in [2.75, 3.05) is 0 Å². The molecule has 0 saturated heterocycles. The van der Waals surface area contributed by atoms with Crippen LogP contribution in [0.3, 0.4) is 0 Å². The van der Waals surface area contributed by atoms with Crippen LogP contribution in [0.4, 0.5) is 52.7 Å². The first-order chi connectivity index (χ1) is 13.8. The number of carbonyl (C=O) groups is 2. The lowest BCUT2D eigenvalue weighted by Crippen LogP contribution is -2.66. The van der Waals surface area contributed by atoms with Crippen LogP contribution < -0.4 is 0 Å². The van der Waals surface area contributed by atoms with Gasteiger partial charge in [0.1, 0.15) is 0 Å². The zero-order valence-electron chi connectivity index (χ0n) is 14.4. The van der Waals surface area contributed by atoms with Crippen LogP contribution >= 0.6 is 0 Å². The number of hydrogen-bond donors (Lipinski definition) is 4. The Morgan fingerprint density at radius 2 is 1.19 bits per heavy atom. The lowest BCUT2D eigenvalue weighted by atomic mass is 9.97. The summed E-state index contributed by atoms with van der Waals surface area (Å²) < 4.78 is 175. The second-order valence-electron chi connectivity index (χ2n) is 5.43. The molecule has 0 bridgehead atoms. The Morgan fingerprint density at radius 3 is 1.38 bits per heavy atom. The molecule has 0 spiro atoms. The molecule has 0 amide bonds. The van der Waals surface area contributed by atoms with Gasteiger partial charge in [0, 0.05) is 0 Å². The molecule has 0 aliphatic heterocycles. The first kappa shape index (κ1) is 32.2. The van der Waals surface area contributed by atoms with Crippen LogP contribution in [0.2, 0.25) is 0 Å². The number of halogens is 12. The summed E-state index contributed by atoms with van der Waals surface area (Å²) in [7, 11) is -4.84. The summed E-state index contributed by atoms with van der Waals surface area (Å²) in [6.07, 6.45) is -22.4. The number of rotatable bonds is 10. The van der Waals surface area contributed by atoms with Gasteiger partial charge in [-0.15, -0.1) is 0 Å². The summed E-state index contributed by atoms with van der Waals surface area (Å²) in [5.74, 6) is -25.0. The molecule has 0 fully saturated rings. The minimum Gasteiger partial charge on any atom is -0.481 e. The summed E-state index contributed by atoms with van der Waals surface area (Å²) in [6.45, 7) is 0. The highest BCUT2D eigenvalue weighted by molar-refractivity contribution is 7.87. The van der Waals surface area contributed by atoms with E-state index in [9.17, 15) is 70.7 Å². The van der Waals surface area contributed by atoms with E-state index in [0.29, 0.717) is 0 Å². The van der Waals surface area contributed by atoms with E-state index in [0.717, 1.165) is 0 Å². The predicted octanol–water partition coefficient (Wildman–Crippen LogP) is 2.22. The van der Waals surface area contributed by atoms with Crippen LogP contribution in [0.5, 0.6) is 0 Å². The zero-order valence-corrected chi connectivity index (χ0v) is 15.2. The molecule has 3 atom stereocenters. The highest BCUT2D eigenvalue weighted by Crippen LogP contribution is 2.54. The second kappa shape index (κ2) is 10.3. The minimum atomic E-state index is -7.35. The number of hydrogen-bond acceptors (Lipinski definition) is 5. The fourth-order valence-electron chi connectivity index (χ4n) is 1.38. The molecule has 0 aromatic heterocycles. The number of alkyl halides is 12. The Hall–Kier alpha value is -2.03. The van der Waals surface area contributed by atoms with Gasteiger partial charge in [0.15, 0.2) is 11.4 Å². The van der Waals surface area contributed by atoms with Crippen molar-refractivity contribution in [2.45, 2.75) is 54.3 Å². The molecule has 0 aromatic rings. The van der Waals surface area contributed by atoms with Crippen molar-refractivity contribution in [1.82, 2.24) is 0 Å². The Morgan fingerprint density at radius 1 is 0.812 bits per heavy atom. The maximum absolute atomic E-state index is 12.6. The van der Waals surface area contributed by atoms with Gasteiger partial charge in [-0.05, 0) is 0 Å². The molecule has 21 heteroatoms. The van der Waals surface area contributed by atoms with Crippen LogP contribution in [0, 0.1) is 0 Å². The molecular formula is C11H10F12O8S. The van der Waals surface area contributed by atoms with Crippen LogP contribution in [0.15, 0.2) is 0 Å². The Balaban J connectivity index is 0. The van der Waals surface area contributed by atoms with Gasteiger partial charge >= 0.3 is 35.8 Å². The lowest BCUT2D eigenvalue weighted by molar-refractivity contribution is -0.424. The highest BCUT2D eigenvalue weighted by Gasteiger charge is 2.83. The Labute approximate surface area is 168 Å². The van der Waals surface area contributed by atoms with Crippen molar-refractivity contribution >= 4 is 22.1 Å². The average molecular weight is 530 g/mol. The van der Waals surface area contributed by atoms with Crippen LogP contribution in [0.25, 0.3) is 0 Å². The van der Waals surface area contributed by atoms with Crippen LogP contribution in [-0.4, -0.2) is 88.1 Å². The van der Waals surface area contributed by atoms with Crippen molar-refractivity contribution in [3.05, 3.63) is 0 Å². The van der Waals surface area contributed by atoms with Crippen molar-refractivity contribution in [3.8, 4) is 0 Å². The first-order valence-corrected chi connectivity index (χ1v) is 8.47. The molecule has 0 aliphatic rings. The van der Waals surface area contributed by atoms with Crippen LogP contribution in [-0.2, 0) is 19.7 Å². The van der Waals surface area contributed by atoms with Crippen molar-refractivity contribution in [2.24, 2.45) is 0 Å². The van der Waals surface area contributed by atoms with Gasteiger partial charge in [0.25, 0.3) is 16.5 Å². The van der Waals surface area contributed by atoms with Crippen molar-refractivity contribution in [3.63, 3.8) is 0 Å². The molecule has 0 aliphatic carbocycles. The molecule has 32 heavy (non-hydrogen) atoms. The van der Waals surface area contributed by atoms with Crippen LogP contribution in [0.1, 0.15) is 6.42 Å². The minimum absolute atomic E-state index is 1.16. The molecule has 0 rings (SSSR count). The van der Waals surface area contributed by atoms with E-state index in [-0.39, 0.29) is 0 Å². The Bertz CT molecular complexity index is 765. The standard InChI is InChI=1S/C7H4F12O.C4H6O7S/c8-1(3(10)11)2(9)4(12,13)5(14,15)6(16,17)7(18,19)20;5-3(6)1-2(4(7)8)12(9,10)11/h1-3,20H;2H,1H2,(H,5,6)(H,7,8)(H,9,10,11). The zero-order chi connectivity index (χ0) is 26.7. The number of carboxylic acids is 2. The smallest absolute Gasteiger partial charge is 0.423 e. The van der Waals surface area contributed by atoms with Gasteiger partial charge in [-0.2, -0.15) is 43.5 Å². The monoisotopic (exact) mass is 530 g/mol. The lowest BCUT2D eigenvalue weighted by Gasteiger charge is -2.36. The quantitative estimate of drug-likeness (QED) is 0.248. The van der Waals surface area contributed by atoms with Crippen molar-refractivity contribution in [1.29, 1.82) is 0 Å². The topological polar surface area (TPSA) is 149 Å². The molecule has 4 N–H and O–H groups in total. The molecule has 0 heterocycles. The molecular weight excluding hydrogens is 520 g/mol. The van der Waals surface area contributed by atoms with Gasteiger partial charge in [0.2, 0.25) is 6.17 Å². The highest BCUT2D eigenvalue weighted by atomic mass is 32.2.